The first-order valence-electron chi connectivity index (χ1n) is 4.66. The van der Waals surface area contributed by atoms with E-state index in [1.54, 1.807) is 19.1 Å². The molecule has 2 N–H and O–H groups in total. The van der Waals surface area contributed by atoms with E-state index in [0.29, 0.717) is 5.89 Å². The Kier molecular flexibility index (Phi) is 3.27. The van der Waals surface area contributed by atoms with E-state index in [4.69, 9.17) is 4.42 Å². The molecule has 0 aliphatic heterocycles. The Bertz CT molecular complexity index is 568. The van der Waals surface area contributed by atoms with Gasteiger partial charge in [-0.1, -0.05) is 5.10 Å². The monoisotopic (exact) mass is 345 g/mol. The smallest absolute Gasteiger partial charge is 0.322 e. The lowest BCUT2D eigenvalue weighted by molar-refractivity contribution is 0.102. The molecule has 17 heavy (non-hydrogen) atoms. The SMILES string of the molecule is Cc1nnc(NC(=O)c2cc(I)ccc2O)o1. The molecule has 0 saturated carbocycles. The van der Waals surface area contributed by atoms with Crippen molar-refractivity contribution < 1.29 is 14.3 Å². The number of anilines is 1. The van der Waals surface area contributed by atoms with Crippen LogP contribution in [-0.4, -0.2) is 21.2 Å². The van der Waals surface area contributed by atoms with Gasteiger partial charge in [0.05, 0.1) is 5.56 Å². The average molecular weight is 345 g/mol. The number of benzene rings is 1. The number of hydrogen-bond donors (Lipinski definition) is 2. The number of phenols is 1. The lowest BCUT2D eigenvalue weighted by Crippen LogP contribution is -2.12. The first-order chi connectivity index (χ1) is 8.06. The van der Waals surface area contributed by atoms with E-state index in [1.165, 1.54) is 6.07 Å². The summed E-state index contributed by atoms with van der Waals surface area (Å²) in [4.78, 5) is 11.8. The molecule has 0 fully saturated rings. The molecular weight excluding hydrogens is 337 g/mol. The highest BCUT2D eigenvalue weighted by Gasteiger charge is 2.14. The molecule has 2 rings (SSSR count). The topological polar surface area (TPSA) is 88.2 Å². The number of aryl methyl sites for hydroxylation is 1. The van der Waals surface area contributed by atoms with E-state index in [1.807, 2.05) is 22.6 Å². The fourth-order valence-electron chi connectivity index (χ4n) is 1.20. The number of amides is 1. The summed E-state index contributed by atoms with van der Waals surface area (Å²) in [6.45, 7) is 1.62. The number of hydrogen-bond acceptors (Lipinski definition) is 5. The van der Waals surface area contributed by atoms with Gasteiger partial charge in [-0.3, -0.25) is 10.1 Å². The average Bonchev–Trinajstić information content (AvgIpc) is 2.67. The van der Waals surface area contributed by atoms with Crippen LogP contribution in [0.3, 0.4) is 0 Å². The van der Waals surface area contributed by atoms with Crippen LogP contribution in [0.2, 0.25) is 0 Å². The molecule has 1 amide bonds. The zero-order valence-electron chi connectivity index (χ0n) is 8.77. The zero-order chi connectivity index (χ0) is 12.4. The van der Waals surface area contributed by atoms with E-state index in [2.05, 4.69) is 15.5 Å². The summed E-state index contributed by atoms with van der Waals surface area (Å²) in [5, 5.41) is 19.2. The summed E-state index contributed by atoms with van der Waals surface area (Å²) in [5.41, 5.74) is 0.160. The molecule has 1 aromatic heterocycles. The molecule has 6 nitrogen and oxygen atoms in total. The maximum absolute atomic E-state index is 11.8. The Morgan fingerprint density at radius 2 is 2.24 bits per heavy atom. The van der Waals surface area contributed by atoms with Crippen molar-refractivity contribution in [3.05, 3.63) is 33.2 Å². The Labute approximate surface area is 110 Å². The number of aromatic nitrogens is 2. The van der Waals surface area contributed by atoms with Crippen LogP contribution >= 0.6 is 22.6 Å². The molecule has 1 aromatic carbocycles. The second-order valence-electron chi connectivity index (χ2n) is 3.24. The van der Waals surface area contributed by atoms with Crippen LogP contribution in [0, 0.1) is 10.5 Å². The molecular formula is C10H8IN3O3. The van der Waals surface area contributed by atoms with Crippen LogP contribution in [0.4, 0.5) is 6.01 Å². The van der Waals surface area contributed by atoms with Gasteiger partial charge in [0.25, 0.3) is 5.91 Å². The van der Waals surface area contributed by atoms with Crippen LogP contribution in [0.25, 0.3) is 0 Å². The Morgan fingerprint density at radius 3 is 2.88 bits per heavy atom. The Balaban J connectivity index is 2.22. The van der Waals surface area contributed by atoms with E-state index in [-0.39, 0.29) is 17.3 Å². The Hall–Kier alpha value is -1.64. The first kappa shape index (κ1) is 11.8. The second kappa shape index (κ2) is 4.70. The summed E-state index contributed by atoms with van der Waals surface area (Å²) in [5.74, 6) is -0.240. The highest BCUT2D eigenvalue weighted by atomic mass is 127. The quantitative estimate of drug-likeness (QED) is 0.813. The Morgan fingerprint density at radius 1 is 1.47 bits per heavy atom. The molecule has 1 heterocycles. The molecule has 88 valence electrons. The molecule has 2 aromatic rings. The fourth-order valence-corrected chi connectivity index (χ4v) is 1.69. The van der Waals surface area contributed by atoms with Crippen molar-refractivity contribution in [3.63, 3.8) is 0 Å². The van der Waals surface area contributed by atoms with Crippen LogP contribution in [0.1, 0.15) is 16.2 Å². The number of nitrogens with one attached hydrogen (secondary N) is 1. The third-order valence-electron chi connectivity index (χ3n) is 1.95. The lowest BCUT2D eigenvalue weighted by Gasteiger charge is -2.03. The normalized spacial score (nSPS) is 10.2. The largest absolute Gasteiger partial charge is 0.507 e. The molecule has 0 aliphatic rings. The molecule has 0 bridgehead atoms. The number of rotatable bonds is 2. The van der Waals surface area contributed by atoms with Gasteiger partial charge >= 0.3 is 6.01 Å². The number of halogens is 1. The van der Waals surface area contributed by atoms with Crippen molar-refractivity contribution in [2.45, 2.75) is 6.92 Å². The fraction of sp³-hybridized carbons (Fsp3) is 0.100. The van der Waals surface area contributed by atoms with Crippen molar-refractivity contribution in [1.29, 1.82) is 0 Å². The predicted molar refractivity (Wildman–Crippen MR) is 67.8 cm³/mol. The maximum Gasteiger partial charge on any atom is 0.322 e. The summed E-state index contributed by atoms with van der Waals surface area (Å²) in [6, 6.07) is 4.72. The number of phenolic OH excluding ortho intramolecular Hbond substituents is 1. The van der Waals surface area contributed by atoms with Gasteiger partial charge in [-0.25, -0.2) is 0 Å². The summed E-state index contributed by atoms with van der Waals surface area (Å²) < 4.78 is 5.85. The third kappa shape index (κ3) is 2.73. The number of carbonyl (C=O) groups is 1. The maximum atomic E-state index is 11.8. The lowest BCUT2D eigenvalue weighted by atomic mass is 10.2. The van der Waals surface area contributed by atoms with Crippen molar-refractivity contribution in [1.82, 2.24) is 10.2 Å². The summed E-state index contributed by atoms with van der Waals surface area (Å²) >= 11 is 2.05. The molecule has 7 heteroatoms. The minimum Gasteiger partial charge on any atom is -0.507 e. The van der Waals surface area contributed by atoms with Crippen LogP contribution in [0.15, 0.2) is 22.6 Å². The summed E-state index contributed by atoms with van der Waals surface area (Å²) in [7, 11) is 0. The van der Waals surface area contributed by atoms with Gasteiger partial charge < -0.3 is 9.52 Å². The van der Waals surface area contributed by atoms with E-state index < -0.39 is 5.91 Å². The minimum atomic E-state index is -0.496. The van der Waals surface area contributed by atoms with Gasteiger partial charge in [-0.2, -0.15) is 0 Å². The van der Waals surface area contributed by atoms with Gasteiger partial charge in [-0.15, -0.1) is 5.10 Å². The highest BCUT2D eigenvalue weighted by Crippen LogP contribution is 2.20. The first-order valence-corrected chi connectivity index (χ1v) is 5.74. The molecule has 0 aliphatic carbocycles. The minimum absolute atomic E-state index is 0.00533. The molecule has 0 radical (unpaired) electrons. The van der Waals surface area contributed by atoms with Gasteiger partial charge in [0.1, 0.15) is 5.75 Å². The van der Waals surface area contributed by atoms with Crippen LogP contribution in [0.5, 0.6) is 5.75 Å². The molecule has 0 unspecified atom stereocenters. The zero-order valence-corrected chi connectivity index (χ0v) is 10.9. The number of carbonyl (C=O) groups excluding carboxylic acids is 1. The van der Waals surface area contributed by atoms with E-state index >= 15 is 0 Å². The van der Waals surface area contributed by atoms with Crippen molar-refractivity contribution in [3.8, 4) is 5.75 Å². The van der Waals surface area contributed by atoms with E-state index in [0.717, 1.165) is 3.57 Å². The van der Waals surface area contributed by atoms with Crippen molar-refractivity contribution in [2.24, 2.45) is 0 Å². The standard InChI is InChI=1S/C10H8IN3O3/c1-5-13-14-10(17-5)12-9(16)7-4-6(11)2-3-8(7)15/h2-4,15H,1H3,(H,12,14,16). The van der Waals surface area contributed by atoms with Crippen LogP contribution in [-0.2, 0) is 0 Å². The van der Waals surface area contributed by atoms with Crippen LogP contribution < -0.4 is 5.32 Å². The third-order valence-corrected chi connectivity index (χ3v) is 2.62. The molecule has 0 spiro atoms. The molecule has 0 atom stereocenters. The summed E-state index contributed by atoms with van der Waals surface area (Å²) in [6.07, 6.45) is 0. The number of aromatic hydroxyl groups is 1. The second-order valence-corrected chi connectivity index (χ2v) is 4.49. The van der Waals surface area contributed by atoms with Gasteiger partial charge in [-0.05, 0) is 40.8 Å². The van der Waals surface area contributed by atoms with Gasteiger partial charge in [0, 0.05) is 10.5 Å². The molecule has 0 saturated heterocycles. The van der Waals surface area contributed by atoms with Gasteiger partial charge in [0.2, 0.25) is 5.89 Å². The predicted octanol–water partition coefficient (Wildman–Crippen LogP) is 1.94. The number of nitrogens with zero attached hydrogens (tertiary/aromatic N) is 2. The van der Waals surface area contributed by atoms with Gasteiger partial charge in [0.15, 0.2) is 0 Å². The van der Waals surface area contributed by atoms with Crippen molar-refractivity contribution in [2.75, 3.05) is 5.32 Å². The van der Waals surface area contributed by atoms with Crippen molar-refractivity contribution >= 4 is 34.5 Å². The van der Waals surface area contributed by atoms with E-state index in [9.17, 15) is 9.90 Å². The highest BCUT2D eigenvalue weighted by molar-refractivity contribution is 14.1.